The molecule has 0 saturated heterocycles. The predicted octanol–water partition coefficient (Wildman–Crippen LogP) is 2.41. The maximum absolute atomic E-state index is 12.2. The summed E-state index contributed by atoms with van der Waals surface area (Å²) in [6, 6.07) is 6.91. The van der Waals surface area contributed by atoms with Gasteiger partial charge in [0.15, 0.2) is 0 Å². The Morgan fingerprint density at radius 3 is 1.88 bits per heavy atom. The Kier molecular flexibility index (Phi) is 3.45. The molecule has 4 heteroatoms. The lowest BCUT2D eigenvalue weighted by molar-refractivity contribution is 0.292. The smallest absolute Gasteiger partial charge is 0.207 e. The molecule has 1 aromatic carbocycles. The van der Waals surface area contributed by atoms with Crippen LogP contribution in [0.3, 0.4) is 0 Å². The lowest BCUT2D eigenvalue weighted by Crippen LogP contribution is -2.42. The number of rotatable bonds is 2. The molecule has 0 N–H and O–H groups in total. The van der Waals surface area contributed by atoms with Crippen molar-refractivity contribution in [1.82, 2.24) is 4.31 Å². The molecule has 0 radical (unpaired) electrons. The Balaban J connectivity index is 3.17. The molecule has 0 atom stereocenters. The SMILES string of the molecule is Cc1ccc(S(=O)(=O)N(C)C(C)(C)C)cc1. The molecular weight excluding hydrogens is 222 g/mol. The van der Waals surface area contributed by atoms with E-state index in [1.165, 1.54) is 4.31 Å². The van der Waals surface area contributed by atoms with Crippen LogP contribution in [0.4, 0.5) is 0 Å². The topological polar surface area (TPSA) is 37.4 Å². The number of benzene rings is 1. The number of hydrogen-bond donors (Lipinski definition) is 0. The van der Waals surface area contributed by atoms with Crippen LogP contribution >= 0.6 is 0 Å². The average molecular weight is 241 g/mol. The fourth-order valence-electron chi connectivity index (χ4n) is 1.23. The summed E-state index contributed by atoms with van der Waals surface area (Å²) in [6.45, 7) is 7.56. The van der Waals surface area contributed by atoms with Gasteiger partial charge in [-0.1, -0.05) is 17.7 Å². The first-order chi connectivity index (χ1) is 7.15. The van der Waals surface area contributed by atoms with Gasteiger partial charge in [0, 0.05) is 12.6 Å². The molecule has 0 aromatic heterocycles. The summed E-state index contributed by atoms with van der Waals surface area (Å²) >= 11 is 0. The first-order valence-corrected chi connectivity index (χ1v) is 6.65. The van der Waals surface area contributed by atoms with E-state index in [4.69, 9.17) is 0 Å². The summed E-state index contributed by atoms with van der Waals surface area (Å²) in [5, 5.41) is 0. The first-order valence-electron chi connectivity index (χ1n) is 5.21. The van der Waals surface area contributed by atoms with Gasteiger partial charge in [0.1, 0.15) is 0 Å². The minimum Gasteiger partial charge on any atom is -0.207 e. The van der Waals surface area contributed by atoms with Crippen LogP contribution in [0, 0.1) is 6.92 Å². The van der Waals surface area contributed by atoms with Gasteiger partial charge in [-0.2, -0.15) is 4.31 Å². The monoisotopic (exact) mass is 241 g/mol. The summed E-state index contributed by atoms with van der Waals surface area (Å²) in [5.41, 5.74) is 0.640. The van der Waals surface area contributed by atoms with E-state index in [0.29, 0.717) is 4.90 Å². The second kappa shape index (κ2) is 4.18. The summed E-state index contributed by atoms with van der Waals surface area (Å²) in [5.74, 6) is 0. The molecule has 0 heterocycles. The Bertz CT molecular complexity index is 455. The van der Waals surface area contributed by atoms with Crippen LogP contribution in [0.25, 0.3) is 0 Å². The van der Waals surface area contributed by atoms with Crippen molar-refractivity contribution in [3.8, 4) is 0 Å². The van der Waals surface area contributed by atoms with Gasteiger partial charge < -0.3 is 0 Å². The maximum Gasteiger partial charge on any atom is 0.243 e. The van der Waals surface area contributed by atoms with Crippen LogP contribution < -0.4 is 0 Å². The quantitative estimate of drug-likeness (QED) is 0.797. The molecule has 90 valence electrons. The van der Waals surface area contributed by atoms with E-state index < -0.39 is 15.6 Å². The second-order valence-corrected chi connectivity index (χ2v) is 6.93. The van der Waals surface area contributed by atoms with Crippen LogP contribution in [-0.4, -0.2) is 25.3 Å². The third-order valence-corrected chi connectivity index (χ3v) is 4.76. The highest BCUT2D eigenvalue weighted by Crippen LogP contribution is 2.22. The Labute approximate surface area is 98.1 Å². The third-order valence-electron chi connectivity index (χ3n) is 2.62. The second-order valence-electron chi connectivity index (χ2n) is 4.96. The Morgan fingerprint density at radius 1 is 1.06 bits per heavy atom. The normalized spacial score (nSPS) is 13.1. The van der Waals surface area contributed by atoms with Gasteiger partial charge in [0.2, 0.25) is 10.0 Å². The van der Waals surface area contributed by atoms with Crippen LogP contribution in [0.5, 0.6) is 0 Å². The van der Waals surface area contributed by atoms with Crippen LogP contribution in [0.2, 0.25) is 0 Å². The van der Waals surface area contributed by atoms with Crippen LogP contribution in [-0.2, 0) is 10.0 Å². The van der Waals surface area contributed by atoms with Crippen LogP contribution in [0.1, 0.15) is 26.3 Å². The van der Waals surface area contributed by atoms with Crippen molar-refractivity contribution in [2.24, 2.45) is 0 Å². The molecule has 0 bridgehead atoms. The molecule has 0 unspecified atom stereocenters. The van der Waals surface area contributed by atoms with Gasteiger partial charge in [0.25, 0.3) is 0 Å². The molecule has 0 aliphatic carbocycles. The number of sulfonamides is 1. The predicted molar refractivity (Wildman–Crippen MR) is 65.9 cm³/mol. The van der Waals surface area contributed by atoms with E-state index in [9.17, 15) is 8.42 Å². The highest BCUT2D eigenvalue weighted by molar-refractivity contribution is 7.89. The molecule has 0 amide bonds. The van der Waals surface area contributed by atoms with Crippen molar-refractivity contribution in [2.75, 3.05) is 7.05 Å². The maximum atomic E-state index is 12.2. The van der Waals surface area contributed by atoms with Crippen molar-refractivity contribution in [3.63, 3.8) is 0 Å². The van der Waals surface area contributed by atoms with Gasteiger partial charge in [-0.3, -0.25) is 0 Å². The largest absolute Gasteiger partial charge is 0.243 e. The fourth-order valence-corrected chi connectivity index (χ4v) is 2.75. The van der Waals surface area contributed by atoms with Gasteiger partial charge >= 0.3 is 0 Å². The van der Waals surface area contributed by atoms with Crippen molar-refractivity contribution in [2.45, 2.75) is 38.1 Å². The molecule has 3 nitrogen and oxygen atoms in total. The highest BCUT2D eigenvalue weighted by atomic mass is 32.2. The van der Waals surface area contributed by atoms with Gasteiger partial charge in [-0.15, -0.1) is 0 Å². The summed E-state index contributed by atoms with van der Waals surface area (Å²) < 4.78 is 25.8. The van der Waals surface area contributed by atoms with E-state index in [2.05, 4.69) is 0 Å². The lowest BCUT2D eigenvalue weighted by Gasteiger charge is -2.30. The molecule has 0 saturated carbocycles. The lowest BCUT2D eigenvalue weighted by atomic mass is 10.1. The minimum atomic E-state index is -3.38. The average Bonchev–Trinajstić information content (AvgIpc) is 2.16. The zero-order valence-electron chi connectivity index (χ0n) is 10.5. The standard InChI is InChI=1S/C12H19NO2S/c1-10-6-8-11(9-7-10)16(14,15)13(5)12(2,3)4/h6-9H,1-5H3. The molecular formula is C12H19NO2S. The van der Waals surface area contributed by atoms with E-state index in [0.717, 1.165) is 5.56 Å². The molecule has 0 spiro atoms. The molecule has 1 rings (SSSR count). The Hall–Kier alpha value is -0.870. The van der Waals surface area contributed by atoms with E-state index in [1.807, 2.05) is 39.8 Å². The van der Waals surface area contributed by atoms with E-state index in [-0.39, 0.29) is 0 Å². The van der Waals surface area contributed by atoms with Crippen molar-refractivity contribution in [1.29, 1.82) is 0 Å². The zero-order valence-corrected chi connectivity index (χ0v) is 11.3. The molecule has 1 aromatic rings. The number of nitrogens with zero attached hydrogens (tertiary/aromatic N) is 1. The van der Waals surface area contributed by atoms with Crippen molar-refractivity contribution >= 4 is 10.0 Å². The number of hydrogen-bond acceptors (Lipinski definition) is 2. The highest BCUT2D eigenvalue weighted by Gasteiger charge is 2.29. The van der Waals surface area contributed by atoms with Crippen molar-refractivity contribution < 1.29 is 8.42 Å². The first kappa shape index (κ1) is 13.2. The van der Waals surface area contributed by atoms with Gasteiger partial charge in [-0.05, 0) is 39.8 Å². The summed E-state index contributed by atoms with van der Waals surface area (Å²) in [6.07, 6.45) is 0. The van der Waals surface area contributed by atoms with Gasteiger partial charge in [-0.25, -0.2) is 8.42 Å². The Morgan fingerprint density at radius 2 is 1.50 bits per heavy atom. The van der Waals surface area contributed by atoms with Crippen molar-refractivity contribution in [3.05, 3.63) is 29.8 Å². The molecule has 0 fully saturated rings. The van der Waals surface area contributed by atoms with Crippen LogP contribution in [0.15, 0.2) is 29.2 Å². The fraction of sp³-hybridized carbons (Fsp3) is 0.500. The molecule has 16 heavy (non-hydrogen) atoms. The third kappa shape index (κ3) is 2.62. The van der Waals surface area contributed by atoms with E-state index in [1.54, 1.807) is 19.2 Å². The zero-order chi connectivity index (χ0) is 12.6. The summed E-state index contributed by atoms with van der Waals surface area (Å²) in [4.78, 5) is 0.343. The van der Waals surface area contributed by atoms with E-state index >= 15 is 0 Å². The molecule has 0 aliphatic rings. The minimum absolute atomic E-state index is 0.343. The number of aryl methyl sites for hydroxylation is 1. The summed E-state index contributed by atoms with van der Waals surface area (Å²) in [7, 11) is -1.77. The molecule has 0 aliphatic heterocycles. The van der Waals surface area contributed by atoms with Gasteiger partial charge in [0.05, 0.1) is 4.90 Å².